The van der Waals surface area contributed by atoms with E-state index in [1.54, 1.807) is 23.9 Å². The molecule has 1 aliphatic carbocycles. The number of fused-ring (bicyclic) bond motifs is 1. The number of benzene rings is 2. The van der Waals surface area contributed by atoms with Gasteiger partial charge < -0.3 is 19.1 Å². The number of alkyl halides is 2. The Morgan fingerprint density at radius 1 is 1.04 bits per heavy atom. The molecule has 10 heteroatoms. The van der Waals surface area contributed by atoms with Gasteiger partial charge in [-0.25, -0.2) is 18.4 Å². The van der Waals surface area contributed by atoms with E-state index in [9.17, 15) is 18.4 Å². The zero-order valence-corrected chi connectivity index (χ0v) is 27.0. The minimum absolute atomic E-state index is 0.0968. The van der Waals surface area contributed by atoms with Crippen LogP contribution in [0.1, 0.15) is 86.0 Å². The zero-order chi connectivity index (χ0) is 32.3. The van der Waals surface area contributed by atoms with E-state index in [0.717, 1.165) is 52.8 Å². The van der Waals surface area contributed by atoms with Gasteiger partial charge in [0.1, 0.15) is 11.4 Å². The minimum Gasteiger partial charge on any atom is -0.496 e. The number of ether oxygens (including phenoxy) is 3. The highest BCUT2D eigenvalue weighted by molar-refractivity contribution is 5.95. The summed E-state index contributed by atoms with van der Waals surface area (Å²) < 4.78 is 46.8. The highest BCUT2D eigenvalue weighted by Crippen LogP contribution is 2.61. The highest BCUT2D eigenvalue weighted by Gasteiger charge is 2.58. The molecule has 242 valence electrons. The number of nitrogens with zero attached hydrogens (tertiary/aromatic N) is 3. The van der Waals surface area contributed by atoms with Crippen molar-refractivity contribution in [1.82, 2.24) is 9.47 Å². The average molecular weight is 624 g/mol. The fourth-order valence-electron chi connectivity index (χ4n) is 7.52. The van der Waals surface area contributed by atoms with Crippen molar-refractivity contribution in [2.24, 2.45) is 5.41 Å². The summed E-state index contributed by atoms with van der Waals surface area (Å²) in [5, 5.41) is 0.885. The molecule has 0 amide bonds. The van der Waals surface area contributed by atoms with Crippen LogP contribution < -0.4 is 9.64 Å². The first-order valence-corrected chi connectivity index (χ1v) is 15.7. The Labute approximate surface area is 263 Å². The first kappa shape index (κ1) is 31.3. The Bertz CT molecular complexity index is 1630. The van der Waals surface area contributed by atoms with Gasteiger partial charge in [0.2, 0.25) is 5.92 Å². The molecule has 1 atom stereocenters. The summed E-state index contributed by atoms with van der Waals surface area (Å²) in [6.07, 6.45) is 3.42. The van der Waals surface area contributed by atoms with Crippen LogP contribution in [-0.2, 0) is 16.0 Å². The van der Waals surface area contributed by atoms with Crippen molar-refractivity contribution in [2.45, 2.75) is 83.9 Å². The first-order valence-electron chi connectivity index (χ1n) is 15.7. The van der Waals surface area contributed by atoms with E-state index in [0.29, 0.717) is 37.2 Å². The summed E-state index contributed by atoms with van der Waals surface area (Å²) >= 11 is 0. The van der Waals surface area contributed by atoms with Crippen LogP contribution in [0.2, 0.25) is 0 Å². The molecule has 8 nitrogen and oxygen atoms in total. The van der Waals surface area contributed by atoms with Gasteiger partial charge in [0.15, 0.2) is 0 Å². The van der Waals surface area contributed by atoms with Crippen molar-refractivity contribution in [1.29, 1.82) is 0 Å². The smallest absolute Gasteiger partial charge is 0.419 e. The number of carbonyl (C=O) groups excluding carboxylic acids is 2. The van der Waals surface area contributed by atoms with E-state index < -0.39 is 29.0 Å². The van der Waals surface area contributed by atoms with Gasteiger partial charge in [-0.05, 0) is 94.3 Å². The number of aromatic nitrogens is 1. The maximum absolute atomic E-state index is 14.3. The lowest BCUT2D eigenvalue weighted by Crippen LogP contribution is -2.53. The number of hydrogen-bond donors (Lipinski definition) is 0. The largest absolute Gasteiger partial charge is 0.496 e. The maximum Gasteiger partial charge on any atom is 0.419 e. The number of hydrogen-bond acceptors (Lipinski definition) is 7. The Kier molecular flexibility index (Phi) is 7.86. The molecule has 0 unspecified atom stereocenters. The van der Waals surface area contributed by atoms with Gasteiger partial charge in [-0.2, -0.15) is 0 Å². The standard InChI is InChI=1S/C35H43F2N3O5/c1-22-16-29(43-5)26(24-10-14-40(30(22)24)32(42)45-33(2,3)4)19-39-15-11-34(20-35(36,37)21-34)18-28(39)25-9-8-23(31(41)44-6)17-27(25)38-12-7-13-38/h8-10,14,16-17,28H,7,11-13,15,18-21H2,1-6H3/t28-/m1/s1. The van der Waals surface area contributed by atoms with Gasteiger partial charge in [-0.3, -0.25) is 9.47 Å². The zero-order valence-electron chi connectivity index (χ0n) is 27.0. The Morgan fingerprint density at radius 3 is 2.38 bits per heavy atom. The molecule has 1 spiro atoms. The molecule has 3 heterocycles. The van der Waals surface area contributed by atoms with E-state index in [2.05, 4.69) is 9.80 Å². The van der Waals surface area contributed by atoms with Crippen molar-refractivity contribution in [2.75, 3.05) is 38.8 Å². The van der Waals surface area contributed by atoms with Crippen molar-refractivity contribution in [3.05, 3.63) is 58.8 Å². The van der Waals surface area contributed by atoms with Gasteiger partial charge in [0.05, 0.1) is 25.3 Å². The quantitative estimate of drug-likeness (QED) is 0.264. The number of methoxy groups -OCH3 is 2. The van der Waals surface area contributed by atoms with Gasteiger partial charge in [-0.1, -0.05) is 6.07 Å². The fourth-order valence-corrected chi connectivity index (χ4v) is 7.52. The molecule has 45 heavy (non-hydrogen) atoms. The van der Waals surface area contributed by atoms with E-state index in [1.807, 2.05) is 52.0 Å². The lowest BCUT2D eigenvalue weighted by molar-refractivity contribution is -0.186. The lowest BCUT2D eigenvalue weighted by Gasteiger charge is -2.55. The summed E-state index contributed by atoms with van der Waals surface area (Å²) in [7, 11) is 3.01. The number of piperidine rings is 1. The van der Waals surface area contributed by atoms with Gasteiger partial charge in [-0.15, -0.1) is 0 Å². The summed E-state index contributed by atoms with van der Waals surface area (Å²) in [6, 6.07) is 9.36. The van der Waals surface area contributed by atoms with E-state index in [1.165, 1.54) is 7.11 Å². The van der Waals surface area contributed by atoms with Gasteiger partial charge in [0.25, 0.3) is 0 Å². The van der Waals surface area contributed by atoms with Crippen LogP contribution in [-0.4, -0.2) is 66.9 Å². The molecule has 1 saturated carbocycles. The first-order chi connectivity index (χ1) is 21.2. The molecule has 6 rings (SSSR count). The van der Waals surface area contributed by atoms with E-state index in [4.69, 9.17) is 14.2 Å². The summed E-state index contributed by atoms with van der Waals surface area (Å²) in [5.41, 5.74) is 3.95. The molecule has 3 aliphatic rings. The van der Waals surface area contributed by atoms with Crippen LogP contribution >= 0.6 is 0 Å². The molecule has 0 radical (unpaired) electrons. The van der Waals surface area contributed by atoms with Crippen molar-refractivity contribution >= 4 is 28.7 Å². The molecule has 0 N–H and O–H groups in total. The van der Waals surface area contributed by atoms with Crippen LogP contribution in [0, 0.1) is 12.3 Å². The Hall–Kier alpha value is -3.66. The fraction of sp³-hybridized carbons (Fsp3) is 0.543. The molecule has 3 aromatic rings. The van der Waals surface area contributed by atoms with Crippen LogP contribution in [0.4, 0.5) is 19.3 Å². The summed E-state index contributed by atoms with van der Waals surface area (Å²) in [4.78, 5) is 30.3. The van der Waals surface area contributed by atoms with Crippen LogP contribution in [0.15, 0.2) is 36.5 Å². The third-order valence-corrected chi connectivity index (χ3v) is 9.67. The molecular formula is C35H43F2N3O5. The molecular weight excluding hydrogens is 580 g/mol. The number of likely N-dealkylation sites (tertiary alicyclic amines) is 1. The second-order valence-electron chi connectivity index (χ2n) is 14.1. The molecule has 2 saturated heterocycles. The van der Waals surface area contributed by atoms with E-state index >= 15 is 0 Å². The number of halogens is 2. The highest BCUT2D eigenvalue weighted by atomic mass is 19.3. The topological polar surface area (TPSA) is 73.2 Å². The normalized spacial score (nSPS) is 20.9. The minimum atomic E-state index is -2.63. The van der Waals surface area contributed by atoms with E-state index in [-0.39, 0.29) is 18.9 Å². The third-order valence-electron chi connectivity index (χ3n) is 9.67. The predicted molar refractivity (Wildman–Crippen MR) is 168 cm³/mol. The number of esters is 1. The molecule has 1 aromatic heterocycles. The second kappa shape index (κ2) is 11.3. The summed E-state index contributed by atoms with van der Waals surface area (Å²) in [5.74, 6) is -2.32. The van der Waals surface area contributed by atoms with Crippen molar-refractivity contribution in [3.63, 3.8) is 0 Å². The number of carbonyl (C=O) groups is 2. The van der Waals surface area contributed by atoms with Crippen LogP contribution in [0.5, 0.6) is 5.75 Å². The van der Waals surface area contributed by atoms with Crippen molar-refractivity contribution < 1.29 is 32.6 Å². The molecule has 3 fully saturated rings. The number of anilines is 1. The predicted octanol–water partition coefficient (Wildman–Crippen LogP) is 7.49. The maximum atomic E-state index is 14.3. The number of rotatable bonds is 6. The average Bonchev–Trinajstić information content (AvgIpc) is 3.38. The Morgan fingerprint density at radius 2 is 1.78 bits per heavy atom. The molecule has 2 aliphatic heterocycles. The second-order valence-corrected chi connectivity index (χ2v) is 14.1. The summed E-state index contributed by atoms with van der Waals surface area (Å²) in [6.45, 7) is 10.3. The monoisotopic (exact) mass is 623 g/mol. The van der Waals surface area contributed by atoms with Crippen molar-refractivity contribution in [3.8, 4) is 5.75 Å². The lowest BCUT2D eigenvalue weighted by atomic mass is 9.58. The Balaban J connectivity index is 1.42. The third kappa shape index (κ3) is 5.89. The van der Waals surface area contributed by atoms with Crippen LogP contribution in [0.25, 0.3) is 10.9 Å². The number of aryl methyl sites for hydroxylation is 1. The van der Waals surface area contributed by atoms with Gasteiger partial charge in [0, 0.05) is 61.4 Å². The molecule has 2 aromatic carbocycles. The van der Waals surface area contributed by atoms with Crippen LogP contribution in [0.3, 0.4) is 0 Å². The SMILES string of the molecule is COC(=O)c1ccc([C@H]2CC3(CCN2Cc2c(OC)cc(C)c4c2ccn4C(=O)OC(C)(C)C)CC(F)(F)C3)c(N2CCC2)c1. The van der Waals surface area contributed by atoms with Gasteiger partial charge >= 0.3 is 12.1 Å². The molecule has 0 bridgehead atoms.